The minimum atomic E-state index is -3.99. The average molecular weight is 886 g/mol. The Morgan fingerprint density at radius 3 is 1.85 bits per heavy atom. The maximum absolute atomic E-state index is 13.9. The highest BCUT2D eigenvalue weighted by Crippen LogP contribution is 2.39. The van der Waals surface area contributed by atoms with E-state index < -0.39 is 28.3 Å². The number of aliphatic hydroxyl groups excluding tert-OH is 1. The number of aryl methyl sites for hydroxylation is 1. The predicted molar refractivity (Wildman–Crippen MR) is 255 cm³/mol. The van der Waals surface area contributed by atoms with Crippen molar-refractivity contribution in [2.24, 2.45) is 0 Å². The molecule has 7 aromatic rings. The quantitative estimate of drug-likeness (QED) is 0.0786. The van der Waals surface area contributed by atoms with Crippen LogP contribution in [-0.2, 0) is 57.0 Å². The van der Waals surface area contributed by atoms with Crippen molar-refractivity contribution in [2.45, 2.75) is 75.4 Å². The van der Waals surface area contributed by atoms with Gasteiger partial charge in [0.1, 0.15) is 6.04 Å². The van der Waals surface area contributed by atoms with Gasteiger partial charge in [-0.2, -0.15) is 4.72 Å². The van der Waals surface area contributed by atoms with Crippen LogP contribution in [0.15, 0.2) is 193 Å². The number of nitrogens with zero attached hydrogens (tertiary/aromatic N) is 1. The number of hydrogen-bond donors (Lipinski definition) is 3. The van der Waals surface area contributed by atoms with Gasteiger partial charge in [0.2, 0.25) is 15.9 Å². The molecular weight excluding hydrogens is 831 g/mol. The van der Waals surface area contributed by atoms with Gasteiger partial charge >= 0.3 is 0 Å². The molecule has 332 valence electrons. The number of sulfonamides is 1. The van der Waals surface area contributed by atoms with E-state index in [2.05, 4.69) is 63.5 Å². The minimum Gasteiger partial charge on any atom is -0.392 e. The Bertz CT molecular complexity index is 2660. The number of benzene rings is 7. The Kier molecular flexibility index (Phi) is 15.1. The summed E-state index contributed by atoms with van der Waals surface area (Å²) >= 11 is 0. The number of carbonyl (C=O) groups is 1. The molecule has 0 radical (unpaired) electrons. The Morgan fingerprint density at radius 1 is 0.662 bits per heavy atom. The number of ether oxygens (including phenoxy) is 2. The fraction of sp³-hybridized carbons (Fsp3) is 0.218. The van der Waals surface area contributed by atoms with Gasteiger partial charge in [-0.15, -0.1) is 0 Å². The van der Waals surface area contributed by atoms with E-state index in [1.54, 1.807) is 24.3 Å². The van der Waals surface area contributed by atoms with E-state index in [0.717, 1.165) is 57.6 Å². The molecule has 1 aliphatic rings. The summed E-state index contributed by atoms with van der Waals surface area (Å²) in [6, 6.07) is 59.9. The average Bonchev–Trinajstić information content (AvgIpc) is 3.34. The van der Waals surface area contributed by atoms with Crippen LogP contribution in [0.1, 0.15) is 63.3 Å². The first-order chi connectivity index (χ1) is 31.7. The smallest absolute Gasteiger partial charge is 0.241 e. The number of hydrogen-bond acceptors (Lipinski definition) is 7. The van der Waals surface area contributed by atoms with Gasteiger partial charge in [-0.1, -0.05) is 181 Å². The fourth-order valence-corrected chi connectivity index (χ4v) is 9.48. The summed E-state index contributed by atoms with van der Waals surface area (Å²) in [6.07, 6.45) is -0.190. The SMILES string of the molecule is Cc1ccc(S(=O)(=O)N[C@H](Cc2ccccc2)C(=O)NCc2ccccc2-c2ccc([C@H]3O[C@@H](CN(Cc4ccccc4)Cc4ccccc4)C[C@@H](c4ccc(CO)cc4)O3)cc2)cc1. The number of rotatable bonds is 18. The van der Waals surface area contributed by atoms with Crippen LogP contribution in [0.2, 0.25) is 0 Å². The van der Waals surface area contributed by atoms with Crippen LogP contribution in [0.25, 0.3) is 11.1 Å². The zero-order chi connectivity index (χ0) is 45.0. The Labute approximate surface area is 382 Å². The third kappa shape index (κ3) is 12.3. The topological polar surface area (TPSA) is 117 Å². The van der Waals surface area contributed by atoms with Gasteiger partial charge in [-0.25, -0.2) is 8.42 Å². The second-order valence-corrected chi connectivity index (χ2v) is 18.4. The largest absolute Gasteiger partial charge is 0.392 e. The lowest BCUT2D eigenvalue weighted by Gasteiger charge is -2.38. The van der Waals surface area contributed by atoms with Crippen molar-refractivity contribution in [1.82, 2.24) is 14.9 Å². The van der Waals surface area contributed by atoms with Crippen molar-refractivity contribution in [3.05, 3.63) is 233 Å². The van der Waals surface area contributed by atoms with Gasteiger partial charge in [-0.3, -0.25) is 9.69 Å². The molecule has 7 aromatic carbocycles. The second kappa shape index (κ2) is 21.6. The molecule has 0 unspecified atom stereocenters. The van der Waals surface area contributed by atoms with Crippen LogP contribution >= 0.6 is 0 Å². The summed E-state index contributed by atoms with van der Waals surface area (Å²) in [5, 5.41) is 12.8. The van der Waals surface area contributed by atoms with Gasteiger partial charge in [0.25, 0.3) is 0 Å². The molecule has 1 amide bonds. The van der Waals surface area contributed by atoms with E-state index in [4.69, 9.17) is 9.47 Å². The van der Waals surface area contributed by atoms with Gasteiger partial charge in [0, 0.05) is 38.2 Å². The van der Waals surface area contributed by atoms with Gasteiger partial charge in [-0.05, 0) is 70.0 Å². The van der Waals surface area contributed by atoms with Gasteiger partial charge in [0.05, 0.1) is 23.7 Å². The first-order valence-electron chi connectivity index (χ1n) is 22.1. The monoisotopic (exact) mass is 885 g/mol. The van der Waals surface area contributed by atoms with Crippen LogP contribution < -0.4 is 10.0 Å². The fourth-order valence-electron chi connectivity index (χ4n) is 8.28. The van der Waals surface area contributed by atoms with Crippen LogP contribution in [-0.4, -0.2) is 43.0 Å². The molecule has 0 aromatic heterocycles. The summed E-state index contributed by atoms with van der Waals surface area (Å²) in [7, 11) is -3.99. The number of amides is 1. The standard InChI is InChI=1S/C55H55N3O6S/c1-40-21-31-50(32-22-40)65(61,62)57-52(33-41-13-5-2-6-14-41)54(60)56-35-48-19-11-12-20-51(48)45-27-29-47(30-28-45)55-63-49(34-53(64-55)46-25-23-44(39-59)24-26-46)38-58(36-42-15-7-3-8-16-42)37-43-17-9-4-10-18-43/h2-32,49,52-53,55,57,59H,33-39H2,1H3,(H,56,60)/t49-,52-,53+,55+/m1/s1. The molecule has 1 saturated heterocycles. The van der Waals surface area contributed by atoms with Crippen LogP contribution in [0.5, 0.6) is 0 Å². The molecule has 4 atom stereocenters. The summed E-state index contributed by atoms with van der Waals surface area (Å²) in [5.74, 6) is -0.428. The highest BCUT2D eigenvalue weighted by molar-refractivity contribution is 7.89. The highest BCUT2D eigenvalue weighted by atomic mass is 32.2. The Balaban J connectivity index is 1.00. The summed E-state index contributed by atoms with van der Waals surface area (Å²) in [6.45, 7) is 4.27. The maximum Gasteiger partial charge on any atom is 0.241 e. The molecule has 3 N–H and O–H groups in total. The number of aliphatic hydroxyl groups is 1. The number of carbonyl (C=O) groups excluding carboxylic acids is 1. The summed E-state index contributed by atoms with van der Waals surface area (Å²) in [4.78, 5) is 16.4. The third-order valence-corrected chi connectivity index (χ3v) is 13.3. The van der Waals surface area contributed by atoms with Gasteiger partial charge < -0.3 is 19.9 Å². The highest BCUT2D eigenvalue weighted by Gasteiger charge is 2.33. The maximum atomic E-state index is 13.9. The van der Waals surface area contributed by atoms with Crippen molar-refractivity contribution in [1.29, 1.82) is 0 Å². The Hall–Kier alpha value is -6.24. The zero-order valence-electron chi connectivity index (χ0n) is 36.5. The van der Waals surface area contributed by atoms with Crippen molar-refractivity contribution >= 4 is 15.9 Å². The first-order valence-corrected chi connectivity index (χ1v) is 23.6. The van der Waals surface area contributed by atoms with Crippen LogP contribution in [0, 0.1) is 6.92 Å². The lowest BCUT2D eigenvalue weighted by atomic mass is 9.97. The normalized spacial score (nSPS) is 16.8. The van der Waals surface area contributed by atoms with Crippen molar-refractivity contribution < 1.29 is 27.8 Å². The molecule has 8 rings (SSSR count). The molecule has 0 spiro atoms. The van der Waals surface area contributed by atoms with Crippen LogP contribution in [0.4, 0.5) is 0 Å². The van der Waals surface area contributed by atoms with E-state index >= 15 is 0 Å². The zero-order valence-corrected chi connectivity index (χ0v) is 37.3. The van der Waals surface area contributed by atoms with E-state index in [0.29, 0.717) is 13.0 Å². The molecule has 0 bridgehead atoms. The van der Waals surface area contributed by atoms with E-state index in [1.807, 2.05) is 122 Å². The summed E-state index contributed by atoms with van der Waals surface area (Å²) < 4.78 is 43.3. The van der Waals surface area contributed by atoms with Gasteiger partial charge in [0.15, 0.2) is 6.29 Å². The number of nitrogens with one attached hydrogen (secondary N) is 2. The Morgan fingerprint density at radius 2 is 1.23 bits per heavy atom. The predicted octanol–water partition coefficient (Wildman–Crippen LogP) is 9.61. The summed E-state index contributed by atoms with van der Waals surface area (Å²) in [5.41, 5.74) is 9.73. The second-order valence-electron chi connectivity index (χ2n) is 16.7. The lowest BCUT2D eigenvalue weighted by Crippen LogP contribution is -2.47. The molecule has 0 saturated carbocycles. The van der Waals surface area contributed by atoms with E-state index in [-0.39, 0.29) is 36.7 Å². The molecule has 1 heterocycles. The molecule has 1 aliphatic heterocycles. The minimum absolute atomic E-state index is 0.0270. The third-order valence-electron chi connectivity index (χ3n) is 11.8. The van der Waals surface area contributed by atoms with E-state index in [9.17, 15) is 18.3 Å². The first kappa shape index (κ1) is 45.3. The molecule has 0 aliphatic carbocycles. The molecule has 10 heteroatoms. The van der Waals surface area contributed by atoms with E-state index in [1.165, 1.54) is 11.1 Å². The lowest BCUT2D eigenvalue weighted by molar-refractivity contribution is -0.253. The molecule has 1 fully saturated rings. The van der Waals surface area contributed by atoms with Crippen molar-refractivity contribution in [2.75, 3.05) is 6.54 Å². The van der Waals surface area contributed by atoms with Crippen LogP contribution in [0.3, 0.4) is 0 Å². The molecular formula is C55H55N3O6S. The molecule has 9 nitrogen and oxygen atoms in total. The van der Waals surface area contributed by atoms with Crippen molar-refractivity contribution in [3.8, 4) is 11.1 Å². The van der Waals surface area contributed by atoms with Crippen molar-refractivity contribution in [3.63, 3.8) is 0 Å². The molecule has 65 heavy (non-hydrogen) atoms.